The Labute approximate surface area is 131 Å². The quantitative estimate of drug-likeness (QED) is 0.861. The van der Waals surface area contributed by atoms with E-state index in [1.807, 2.05) is 12.3 Å². The minimum atomic E-state index is 0.579. The van der Waals surface area contributed by atoms with Gasteiger partial charge < -0.3 is 5.73 Å². The van der Waals surface area contributed by atoms with Gasteiger partial charge in [0, 0.05) is 30.7 Å². The molecule has 3 nitrogen and oxygen atoms in total. The summed E-state index contributed by atoms with van der Waals surface area (Å²) < 4.78 is 0. The highest BCUT2D eigenvalue weighted by Gasteiger charge is 2.23. The van der Waals surface area contributed by atoms with Crippen molar-refractivity contribution in [3.63, 3.8) is 0 Å². The molecule has 1 aliphatic carbocycles. The molecule has 1 fully saturated rings. The lowest BCUT2D eigenvalue weighted by molar-refractivity contribution is 0.219. The molecule has 0 amide bonds. The lowest BCUT2D eigenvalue weighted by Crippen LogP contribution is -2.38. The van der Waals surface area contributed by atoms with Gasteiger partial charge >= 0.3 is 0 Å². The number of aromatic nitrogens is 1. The number of fused-ring (bicyclic) bond motifs is 1. The SMILES string of the molecule is NC(=S)CN(Cc1cccc2cccnc12)C1CCCC1. The molecule has 2 aromatic rings. The Balaban J connectivity index is 1.88. The zero-order chi connectivity index (χ0) is 14.7. The molecule has 1 aliphatic rings. The summed E-state index contributed by atoms with van der Waals surface area (Å²) >= 11 is 5.14. The molecule has 0 radical (unpaired) electrons. The molecule has 0 spiro atoms. The Hall–Kier alpha value is -1.52. The van der Waals surface area contributed by atoms with Crippen LogP contribution in [0.2, 0.25) is 0 Å². The molecule has 1 saturated carbocycles. The van der Waals surface area contributed by atoms with Gasteiger partial charge in [-0.05, 0) is 24.5 Å². The van der Waals surface area contributed by atoms with Gasteiger partial charge in [0.05, 0.1) is 10.5 Å². The summed E-state index contributed by atoms with van der Waals surface area (Å²) in [6.07, 6.45) is 6.99. The number of nitrogens with zero attached hydrogens (tertiary/aromatic N) is 2. The standard InChI is InChI=1S/C17H21N3S/c18-16(21)12-20(15-8-1-2-9-15)11-14-6-3-5-13-7-4-10-19-17(13)14/h3-7,10,15H,1-2,8-9,11-12H2,(H2,18,21). The van der Waals surface area contributed by atoms with Gasteiger partial charge in [0.25, 0.3) is 0 Å². The number of benzene rings is 1. The van der Waals surface area contributed by atoms with Crippen LogP contribution in [0.25, 0.3) is 10.9 Å². The van der Waals surface area contributed by atoms with E-state index in [4.69, 9.17) is 18.0 Å². The minimum Gasteiger partial charge on any atom is -0.392 e. The molecule has 21 heavy (non-hydrogen) atoms. The van der Waals surface area contributed by atoms with E-state index in [1.54, 1.807) is 0 Å². The third-order valence-corrected chi connectivity index (χ3v) is 4.42. The molecule has 3 rings (SSSR count). The van der Waals surface area contributed by atoms with Gasteiger partial charge in [0.2, 0.25) is 0 Å². The average Bonchev–Trinajstić information content (AvgIpc) is 3.01. The van der Waals surface area contributed by atoms with Gasteiger partial charge in [-0.1, -0.05) is 49.3 Å². The van der Waals surface area contributed by atoms with Crippen LogP contribution >= 0.6 is 12.2 Å². The van der Waals surface area contributed by atoms with E-state index in [0.717, 1.165) is 12.1 Å². The van der Waals surface area contributed by atoms with E-state index < -0.39 is 0 Å². The van der Waals surface area contributed by atoms with Crippen molar-refractivity contribution in [3.05, 3.63) is 42.1 Å². The van der Waals surface area contributed by atoms with Crippen molar-refractivity contribution in [2.24, 2.45) is 5.73 Å². The monoisotopic (exact) mass is 299 g/mol. The molecule has 0 aliphatic heterocycles. The number of pyridine rings is 1. The predicted octanol–water partition coefficient (Wildman–Crippen LogP) is 3.27. The van der Waals surface area contributed by atoms with Gasteiger partial charge in [-0.2, -0.15) is 0 Å². The Morgan fingerprint density at radius 1 is 1.24 bits per heavy atom. The van der Waals surface area contributed by atoms with E-state index in [9.17, 15) is 0 Å². The van der Waals surface area contributed by atoms with E-state index in [0.29, 0.717) is 17.6 Å². The molecule has 4 heteroatoms. The Morgan fingerprint density at radius 3 is 2.76 bits per heavy atom. The number of hydrogen-bond donors (Lipinski definition) is 1. The Kier molecular flexibility index (Phi) is 4.46. The average molecular weight is 299 g/mol. The molecule has 1 aromatic heterocycles. The smallest absolute Gasteiger partial charge is 0.0870 e. The second-order valence-electron chi connectivity index (χ2n) is 5.80. The van der Waals surface area contributed by atoms with Crippen LogP contribution in [-0.2, 0) is 6.54 Å². The largest absolute Gasteiger partial charge is 0.392 e. The molecule has 0 unspecified atom stereocenters. The summed E-state index contributed by atoms with van der Waals surface area (Å²) in [4.78, 5) is 7.56. The number of hydrogen-bond acceptors (Lipinski definition) is 3. The number of para-hydroxylation sites is 1. The van der Waals surface area contributed by atoms with Gasteiger partial charge in [0.15, 0.2) is 0 Å². The summed E-state index contributed by atoms with van der Waals surface area (Å²) in [7, 11) is 0. The van der Waals surface area contributed by atoms with Crippen molar-refractivity contribution in [2.75, 3.05) is 6.54 Å². The maximum atomic E-state index is 5.80. The van der Waals surface area contributed by atoms with E-state index >= 15 is 0 Å². The van der Waals surface area contributed by atoms with Gasteiger partial charge in [0.1, 0.15) is 0 Å². The van der Waals surface area contributed by atoms with E-state index in [1.165, 1.54) is 36.6 Å². The molecule has 110 valence electrons. The number of rotatable bonds is 5. The first kappa shape index (κ1) is 14.4. The van der Waals surface area contributed by atoms with Crippen LogP contribution in [0.4, 0.5) is 0 Å². The van der Waals surface area contributed by atoms with Gasteiger partial charge in [-0.3, -0.25) is 9.88 Å². The second kappa shape index (κ2) is 6.50. The van der Waals surface area contributed by atoms with Crippen LogP contribution in [-0.4, -0.2) is 27.5 Å². The summed E-state index contributed by atoms with van der Waals surface area (Å²) in [6.45, 7) is 1.57. The number of nitrogens with two attached hydrogens (primary N) is 1. The third-order valence-electron chi connectivity index (χ3n) is 4.29. The molecule has 1 aromatic carbocycles. The summed E-state index contributed by atoms with van der Waals surface area (Å²) in [6, 6.07) is 11.1. The summed E-state index contributed by atoms with van der Waals surface area (Å²) in [5.74, 6) is 0. The number of thiocarbonyl (C=S) groups is 1. The first-order valence-corrected chi connectivity index (χ1v) is 8.00. The van der Waals surface area contributed by atoms with Crippen LogP contribution in [0.1, 0.15) is 31.2 Å². The minimum absolute atomic E-state index is 0.579. The predicted molar refractivity (Wildman–Crippen MR) is 91.2 cm³/mol. The zero-order valence-corrected chi connectivity index (χ0v) is 13.0. The van der Waals surface area contributed by atoms with Crippen LogP contribution in [0, 0.1) is 0 Å². The lowest BCUT2D eigenvalue weighted by atomic mass is 10.1. The Morgan fingerprint density at radius 2 is 2.00 bits per heavy atom. The van der Waals surface area contributed by atoms with Crippen molar-refractivity contribution in [1.82, 2.24) is 9.88 Å². The van der Waals surface area contributed by atoms with Crippen molar-refractivity contribution >= 4 is 28.1 Å². The highest BCUT2D eigenvalue weighted by molar-refractivity contribution is 7.80. The fraction of sp³-hybridized carbons (Fsp3) is 0.412. The molecular weight excluding hydrogens is 278 g/mol. The fourth-order valence-corrected chi connectivity index (χ4v) is 3.46. The molecule has 0 atom stereocenters. The summed E-state index contributed by atoms with van der Waals surface area (Å²) in [5, 5.41) is 1.19. The molecule has 0 bridgehead atoms. The van der Waals surface area contributed by atoms with E-state index in [2.05, 4.69) is 34.1 Å². The topological polar surface area (TPSA) is 42.1 Å². The van der Waals surface area contributed by atoms with Crippen molar-refractivity contribution < 1.29 is 0 Å². The molecule has 2 N–H and O–H groups in total. The fourth-order valence-electron chi connectivity index (χ4n) is 3.30. The van der Waals surface area contributed by atoms with Crippen LogP contribution < -0.4 is 5.73 Å². The first-order valence-electron chi connectivity index (χ1n) is 7.59. The van der Waals surface area contributed by atoms with Crippen LogP contribution in [0.5, 0.6) is 0 Å². The lowest BCUT2D eigenvalue weighted by Gasteiger charge is -2.28. The second-order valence-corrected chi connectivity index (χ2v) is 6.33. The normalized spacial score (nSPS) is 15.9. The van der Waals surface area contributed by atoms with Crippen molar-refractivity contribution in [1.29, 1.82) is 0 Å². The zero-order valence-electron chi connectivity index (χ0n) is 12.2. The molecule has 1 heterocycles. The highest BCUT2D eigenvalue weighted by Crippen LogP contribution is 2.26. The first-order chi connectivity index (χ1) is 10.2. The van der Waals surface area contributed by atoms with Crippen molar-refractivity contribution in [2.45, 2.75) is 38.3 Å². The highest BCUT2D eigenvalue weighted by atomic mass is 32.1. The maximum Gasteiger partial charge on any atom is 0.0870 e. The maximum absolute atomic E-state index is 5.80. The van der Waals surface area contributed by atoms with Gasteiger partial charge in [-0.15, -0.1) is 0 Å². The third kappa shape index (κ3) is 3.39. The van der Waals surface area contributed by atoms with E-state index in [-0.39, 0.29) is 0 Å². The van der Waals surface area contributed by atoms with Crippen molar-refractivity contribution in [3.8, 4) is 0 Å². The molecular formula is C17H21N3S. The van der Waals surface area contributed by atoms with Crippen LogP contribution in [0.15, 0.2) is 36.5 Å². The van der Waals surface area contributed by atoms with Crippen LogP contribution in [0.3, 0.4) is 0 Å². The summed E-state index contributed by atoms with van der Waals surface area (Å²) in [5.41, 5.74) is 8.15. The molecule has 0 saturated heterocycles. The Bertz CT molecular complexity index is 629. The van der Waals surface area contributed by atoms with Gasteiger partial charge in [-0.25, -0.2) is 0 Å².